The minimum absolute atomic E-state index is 0.0580. The average molecular weight is 432 g/mol. The van der Waals surface area contributed by atoms with Crippen molar-refractivity contribution in [1.29, 1.82) is 0 Å². The van der Waals surface area contributed by atoms with E-state index in [1.807, 2.05) is 40.6 Å². The maximum Gasteiger partial charge on any atom is 0.257 e. The topological polar surface area (TPSA) is 85.1 Å². The Morgan fingerprint density at radius 1 is 0.969 bits per heavy atom. The smallest absolute Gasteiger partial charge is 0.257 e. The van der Waals surface area contributed by atoms with E-state index in [1.54, 1.807) is 32.4 Å². The second-order valence-corrected chi connectivity index (χ2v) is 7.67. The number of rotatable bonds is 4. The summed E-state index contributed by atoms with van der Waals surface area (Å²) in [6, 6.07) is 13.2. The highest BCUT2D eigenvalue weighted by Crippen LogP contribution is 2.27. The molecule has 164 valence electrons. The van der Waals surface area contributed by atoms with Gasteiger partial charge in [0.05, 0.1) is 25.3 Å². The summed E-state index contributed by atoms with van der Waals surface area (Å²) >= 11 is 0. The Morgan fingerprint density at radius 3 is 2.50 bits per heavy atom. The first kappa shape index (κ1) is 20.0. The van der Waals surface area contributed by atoms with Gasteiger partial charge in [0.15, 0.2) is 5.65 Å². The molecule has 1 saturated heterocycles. The normalized spacial score (nSPS) is 14.2. The molecule has 0 atom stereocenters. The molecule has 1 fully saturated rings. The summed E-state index contributed by atoms with van der Waals surface area (Å²) in [7, 11) is 3.14. The minimum atomic E-state index is -0.0580. The van der Waals surface area contributed by atoms with Crippen LogP contribution in [0.1, 0.15) is 16.2 Å². The summed E-state index contributed by atoms with van der Waals surface area (Å²) in [5, 5.41) is 5.54. The molecule has 0 radical (unpaired) electrons. The summed E-state index contributed by atoms with van der Waals surface area (Å²) in [5.41, 5.74) is 2.20. The number of benzene rings is 2. The van der Waals surface area contributed by atoms with Gasteiger partial charge < -0.3 is 19.3 Å². The number of carbonyl (C=O) groups excluding carboxylic acids is 1. The second-order valence-electron chi connectivity index (χ2n) is 7.67. The van der Waals surface area contributed by atoms with Gasteiger partial charge >= 0.3 is 0 Å². The van der Waals surface area contributed by atoms with Crippen LogP contribution in [0.3, 0.4) is 0 Å². The molecule has 0 N–H and O–H groups in total. The first-order valence-electron chi connectivity index (χ1n) is 10.5. The zero-order chi connectivity index (χ0) is 22.2. The summed E-state index contributed by atoms with van der Waals surface area (Å²) in [6.45, 7) is 4.30. The number of nitrogens with zero attached hydrogens (tertiary/aromatic N) is 6. The standard InChI is InChI=1S/C23H24N6O3/c1-15-24-21-17-6-4-5-7-19(17)25-23(29(21)26-15)28-12-10-27(11-13-28)22(30)18-9-8-16(31-2)14-20(18)32-3/h4-9,14H,10-13H2,1-3H3. The maximum absolute atomic E-state index is 13.2. The molecule has 4 aromatic rings. The van der Waals surface area contributed by atoms with Crippen LogP contribution in [0.5, 0.6) is 11.5 Å². The summed E-state index contributed by atoms with van der Waals surface area (Å²) in [5.74, 6) is 2.54. The van der Waals surface area contributed by atoms with Gasteiger partial charge in [-0.3, -0.25) is 4.79 Å². The largest absolute Gasteiger partial charge is 0.497 e. The highest BCUT2D eigenvalue weighted by Gasteiger charge is 2.27. The third-order valence-electron chi connectivity index (χ3n) is 5.76. The highest BCUT2D eigenvalue weighted by molar-refractivity contribution is 5.97. The van der Waals surface area contributed by atoms with Gasteiger partial charge in [-0.1, -0.05) is 12.1 Å². The van der Waals surface area contributed by atoms with Crippen molar-refractivity contribution in [1.82, 2.24) is 24.5 Å². The number of para-hydroxylation sites is 1. The summed E-state index contributed by atoms with van der Waals surface area (Å²) in [6.07, 6.45) is 0. The van der Waals surface area contributed by atoms with Crippen LogP contribution >= 0.6 is 0 Å². The fourth-order valence-electron chi connectivity index (χ4n) is 4.10. The molecule has 0 spiro atoms. The van der Waals surface area contributed by atoms with Crippen LogP contribution in [0.4, 0.5) is 5.95 Å². The third kappa shape index (κ3) is 3.35. The first-order chi connectivity index (χ1) is 15.6. The molecular formula is C23H24N6O3. The third-order valence-corrected chi connectivity index (χ3v) is 5.76. The number of carbonyl (C=O) groups is 1. The lowest BCUT2D eigenvalue weighted by Crippen LogP contribution is -2.49. The Kier molecular flexibility index (Phi) is 5.01. The Bertz CT molecular complexity index is 1310. The molecule has 1 aliphatic rings. The van der Waals surface area contributed by atoms with Crippen LogP contribution in [0.25, 0.3) is 16.6 Å². The Hall–Kier alpha value is -3.88. The molecule has 1 amide bonds. The van der Waals surface area contributed by atoms with Gasteiger partial charge in [-0.05, 0) is 31.2 Å². The minimum Gasteiger partial charge on any atom is -0.497 e. The number of aryl methyl sites for hydroxylation is 1. The molecule has 2 aromatic carbocycles. The number of hydrogen-bond donors (Lipinski definition) is 0. The van der Waals surface area contributed by atoms with Crippen molar-refractivity contribution in [3.63, 3.8) is 0 Å². The van der Waals surface area contributed by atoms with Crippen LogP contribution in [0.15, 0.2) is 42.5 Å². The van der Waals surface area contributed by atoms with E-state index in [4.69, 9.17) is 14.5 Å². The molecule has 9 heteroatoms. The number of methoxy groups -OCH3 is 2. The van der Waals surface area contributed by atoms with Gasteiger partial charge in [-0.15, -0.1) is 5.10 Å². The van der Waals surface area contributed by atoms with E-state index in [0.29, 0.717) is 49.1 Å². The number of amides is 1. The maximum atomic E-state index is 13.2. The van der Waals surface area contributed by atoms with Crippen LogP contribution in [-0.4, -0.2) is 70.8 Å². The van der Waals surface area contributed by atoms with Crippen LogP contribution in [-0.2, 0) is 0 Å². The van der Waals surface area contributed by atoms with Crippen LogP contribution in [0.2, 0.25) is 0 Å². The number of ether oxygens (including phenoxy) is 2. The molecule has 32 heavy (non-hydrogen) atoms. The predicted octanol–water partition coefficient (Wildman–Crippen LogP) is 2.57. The van der Waals surface area contributed by atoms with Crippen LogP contribution in [0, 0.1) is 6.92 Å². The number of hydrogen-bond acceptors (Lipinski definition) is 7. The molecule has 1 aliphatic heterocycles. The lowest BCUT2D eigenvalue weighted by molar-refractivity contribution is 0.0742. The quantitative estimate of drug-likeness (QED) is 0.490. The van der Waals surface area contributed by atoms with Gasteiger partial charge in [-0.2, -0.15) is 4.52 Å². The van der Waals surface area contributed by atoms with Crippen molar-refractivity contribution >= 4 is 28.4 Å². The lowest BCUT2D eigenvalue weighted by Gasteiger charge is -2.35. The van der Waals surface area contributed by atoms with Crippen molar-refractivity contribution in [3.8, 4) is 11.5 Å². The molecule has 0 unspecified atom stereocenters. The van der Waals surface area contributed by atoms with Gasteiger partial charge in [0.2, 0.25) is 5.95 Å². The Morgan fingerprint density at radius 2 is 1.75 bits per heavy atom. The van der Waals surface area contributed by atoms with Gasteiger partial charge in [0, 0.05) is 37.6 Å². The molecule has 2 aromatic heterocycles. The van der Waals surface area contributed by atoms with E-state index in [1.165, 1.54) is 0 Å². The monoisotopic (exact) mass is 432 g/mol. The van der Waals surface area contributed by atoms with Crippen molar-refractivity contribution in [2.45, 2.75) is 6.92 Å². The second kappa shape index (κ2) is 7.99. The number of anilines is 1. The number of aromatic nitrogens is 4. The number of fused-ring (bicyclic) bond motifs is 3. The lowest BCUT2D eigenvalue weighted by atomic mass is 10.1. The zero-order valence-corrected chi connectivity index (χ0v) is 18.3. The molecule has 5 rings (SSSR count). The molecule has 3 heterocycles. The van der Waals surface area contributed by atoms with E-state index in [2.05, 4.69) is 15.0 Å². The fraction of sp³-hybridized carbons (Fsp3) is 0.304. The summed E-state index contributed by atoms with van der Waals surface area (Å²) < 4.78 is 12.5. The fourth-order valence-corrected chi connectivity index (χ4v) is 4.10. The first-order valence-corrected chi connectivity index (χ1v) is 10.5. The number of piperazine rings is 1. The van der Waals surface area contributed by atoms with Crippen molar-refractivity contribution < 1.29 is 14.3 Å². The van der Waals surface area contributed by atoms with Crippen LogP contribution < -0.4 is 14.4 Å². The van der Waals surface area contributed by atoms with E-state index < -0.39 is 0 Å². The average Bonchev–Trinajstić information content (AvgIpc) is 3.24. The SMILES string of the molecule is COc1ccc(C(=O)N2CCN(c3nc4ccccc4c4nc(C)nn34)CC2)c(OC)c1. The van der Waals surface area contributed by atoms with E-state index >= 15 is 0 Å². The summed E-state index contributed by atoms with van der Waals surface area (Å²) in [4.78, 5) is 26.6. The van der Waals surface area contributed by atoms with Crippen molar-refractivity contribution in [2.24, 2.45) is 0 Å². The van der Waals surface area contributed by atoms with Crippen molar-refractivity contribution in [2.75, 3.05) is 45.3 Å². The molecule has 9 nitrogen and oxygen atoms in total. The Labute approximate surface area is 185 Å². The van der Waals surface area contributed by atoms with Gasteiger partial charge in [0.1, 0.15) is 17.3 Å². The van der Waals surface area contributed by atoms with E-state index in [-0.39, 0.29) is 5.91 Å². The molecule has 0 aliphatic carbocycles. The van der Waals surface area contributed by atoms with Crippen molar-refractivity contribution in [3.05, 3.63) is 53.9 Å². The van der Waals surface area contributed by atoms with E-state index in [9.17, 15) is 4.79 Å². The molecule has 0 saturated carbocycles. The zero-order valence-electron chi connectivity index (χ0n) is 18.3. The van der Waals surface area contributed by atoms with Gasteiger partial charge in [-0.25, -0.2) is 9.97 Å². The van der Waals surface area contributed by atoms with Gasteiger partial charge in [0.25, 0.3) is 5.91 Å². The molecular weight excluding hydrogens is 408 g/mol. The van der Waals surface area contributed by atoms with E-state index in [0.717, 1.165) is 22.5 Å². The highest BCUT2D eigenvalue weighted by atomic mass is 16.5. The molecule has 0 bridgehead atoms. The predicted molar refractivity (Wildman–Crippen MR) is 121 cm³/mol. The Balaban J connectivity index is 1.40.